The molecule has 4 aromatic carbocycles. The summed E-state index contributed by atoms with van der Waals surface area (Å²) in [6.45, 7) is 2.00. The topological polar surface area (TPSA) is 38.9 Å². The van der Waals surface area contributed by atoms with Crippen LogP contribution < -0.4 is 4.40 Å². The molecule has 0 unspecified atom stereocenters. The van der Waals surface area contributed by atoms with Crippen LogP contribution in [0.4, 0.5) is 0 Å². The number of rotatable bonds is 5. The summed E-state index contributed by atoms with van der Waals surface area (Å²) in [6, 6.07) is 34.7. The molecule has 7 aromatic rings. The van der Waals surface area contributed by atoms with Crippen LogP contribution in [0.2, 0.25) is 17.3 Å². The average Bonchev–Trinajstić information content (AvgIpc) is 3.49. The fraction of sp³-hybridized carbons (Fsp3) is 0.209. The standard InChI is InChI=1S/C27H22NO.C16H20GeN.Ir/c1-17(2)20-12-13-28-25(16-20)23-11-7-10-22-24-15-21(19-8-5-4-6-9-19)14-18(3)26(24)29-27(22)23;1-12-6-8-14(9-7-12)16-10-13(2)15(11-18-16)17(3,4)5;/h4-10,12-17H,1-3H3;6-8,10-11H,1-5H3;/q2*-1;/i3D3;1D3;. The van der Waals surface area contributed by atoms with Crippen molar-refractivity contribution < 1.29 is 32.7 Å². The van der Waals surface area contributed by atoms with E-state index in [4.69, 9.17) is 12.6 Å². The van der Waals surface area contributed by atoms with Gasteiger partial charge in [0, 0.05) is 35.8 Å². The van der Waals surface area contributed by atoms with E-state index in [1.807, 2.05) is 66.9 Å². The fourth-order valence-electron chi connectivity index (χ4n) is 5.85. The first-order valence-corrected chi connectivity index (χ1v) is 23.2. The first-order chi connectivity index (χ1) is 24.9. The van der Waals surface area contributed by atoms with E-state index in [1.54, 1.807) is 24.4 Å². The molecule has 0 atom stereocenters. The maximum atomic E-state index is 8.13. The predicted octanol–water partition coefficient (Wildman–Crippen LogP) is 11.3. The van der Waals surface area contributed by atoms with Gasteiger partial charge in [-0.2, -0.15) is 0 Å². The zero-order chi connectivity index (χ0) is 38.3. The molecule has 1 radical (unpaired) electrons. The molecule has 0 saturated carbocycles. The van der Waals surface area contributed by atoms with Gasteiger partial charge in [-0.05, 0) is 53.4 Å². The molecule has 7 rings (SSSR count). The third-order valence-corrected chi connectivity index (χ3v) is 12.8. The van der Waals surface area contributed by atoms with Gasteiger partial charge in [0.15, 0.2) is 0 Å². The number of hydrogen-bond acceptors (Lipinski definition) is 3. The van der Waals surface area contributed by atoms with Gasteiger partial charge < -0.3 is 9.40 Å². The summed E-state index contributed by atoms with van der Waals surface area (Å²) in [5.41, 5.74) is 8.94. The Morgan fingerprint density at radius 2 is 1.58 bits per heavy atom. The van der Waals surface area contributed by atoms with Crippen molar-refractivity contribution in [2.75, 3.05) is 0 Å². The van der Waals surface area contributed by atoms with Crippen LogP contribution in [0.25, 0.3) is 55.6 Å². The zero-order valence-corrected chi connectivity index (χ0v) is 32.5. The van der Waals surface area contributed by atoms with Crippen LogP contribution in [0.15, 0.2) is 108 Å². The summed E-state index contributed by atoms with van der Waals surface area (Å²) in [7, 11) is 0. The maximum absolute atomic E-state index is 8.13. The van der Waals surface area contributed by atoms with Crippen molar-refractivity contribution in [1.29, 1.82) is 0 Å². The van der Waals surface area contributed by atoms with Crippen molar-refractivity contribution in [1.82, 2.24) is 9.97 Å². The fourth-order valence-corrected chi connectivity index (χ4v) is 9.43. The first kappa shape index (κ1) is 28.1. The van der Waals surface area contributed by atoms with Crippen molar-refractivity contribution >= 4 is 39.6 Å². The second-order valence-corrected chi connectivity index (χ2v) is 23.8. The van der Waals surface area contributed by atoms with Crippen LogP contribution in [0, 0.1) is 32.8 Å². The summed E-state index contributed by atoms with van der Waals surface area (Å²) >= 11 is -1.89. The smallest absolute Gasteiger partial charge is 0.123 e. The van der Waals surface area contributed by atoms with Gasteiger partial charge in [-0.1, -0.05) is 66.8 Å². The molecule has 0 N–H and O–H groups in total. The third kappa shape index (κ3) is 7.57. The summed E-state index contributed by atoms with van der Waals surface area (Å²) in [4.78, 5) is 9.09. The Labute approximate surface area is 310 Å². The van der Waals surface area contributed by atoms with Crippen LogP contribution in [-0.4, -0.2) is 23.2 Å². The van der Waals surface area contributed by atoms with Gasteiger partial charge in [0.25, 0.3) is 0 Å². The Morgan fingerprint density at radius 1 is 0.771 bits per heavy atom. The molecule has 245 valence electrons. The van der Waals surface area contributed by atoms with E-state index in [0.29, 0.717) is 22.6 Å². The third-order valence-electron chi connectivity index (χ3n) is 8.35. The Morgan fingerprint density at radius 3 is 2.25 bits per heavy atom. The van der Waals surface area contributed by atoms with Crippen molar-refractivity contribution in [3.8, 4) is 33.6 Å². The van der Waals surface area contributed by atoms with Gasteiger partial charge in [-0.15, -0.1) is 18.2 Å². The molecule has 3 heterocycles. The Bertz CT molecular complexity index is 2400. The van der Waals surface area contributed by atoms with Crippen molar-refractivity contribution in [2.45, 2.75) is 57.7 Å². The number of benzene rings is 4. The van der Waals surface area contributed by atoms with E-state index < -0.39 is 27.0 Å². The summed E-state index contributed by atoms with van der Waals surface area (Å²) in [6.07, 6.45) is 3.78. The Balaban J connectivity index is 0.000000223. The number of hydrogen-bond donors (Lipinski definition) is 0. The average molecular weight is 874 g/mol. The zero-order valence-electron chi connectivity index (χ0n) is 34.0. The Hall–Kier alpha value is -3.83. The molecular weight excluding hydrogens is 825 g/mol. The molecule has 0 fully saturated rings. The quantitative estimate of drug-likeness (QED) is 0.128. The first-order valence-electron chi connectivity index (χ1n) is 18.8. The number of nitrogens with zero attached hydrogens (tertiary/aromatic N) is 2. The number of aromatic nitrogens is 2. The molecule has 48 heavy (non-hydrogen) atoms. The summed E-state index contributed by atoms with van der Waals surface area (Å²) in [5.74, 6) is 7.41. The van der Waals surface area contributed by atoms with Crippen LogP contribution in [0.3, 0.4) is 0 Å². The van der Waals surface area contributed by atoms with Crippen molar-refractivity contribution in [2.24, 2.45) is 0 Å². The monoisotopic (exact) mass is 875 g/mol. The van der Waals surface area contributed by atoms with E-state index in [1.165, 1.54) is 21.6 Å². The molecule has 0 aliphatic heterocycles. The molecule has 0 aliphatic rings. The second kappa shape index (κ2) is 14.7. The minimum absolute atomic E-state index is 0. The van der Waals surface area contributed by atoms with Gasteiger partial charge in [0.05, 0.1) is 5.58 Å². The second-order valence-electron chi connectivity index (χ2n) is 13.2. The number of fused-ring (bicyclic) bond motifs is 3. The molecule has 3 aromatic heterocycles. The molecule has 5 heteroatoms. The molecule has 0 amide bonds. The van der Waals surface area contributed by atoms with Crippen molar-refractivity contribution in [3.05, 3.63) is 138 Å². The summed E-state index contributed by atoms with van der Waals surface area (Å²) < 4.78 is 54.2. The van der Waals surface area contributed by atoms with Crippen LogP contribution >= 0.6 is 0 Å². The molecular formula is C43H42GeIrN2O-2. The summed E-state index contributed by atoms with van der Waals surface area (Å²) in [5, 5.41) is 1.64. The molecule has 0 bridgehead atoms. The van der Waals surface area contributed by atoms with Gasteiger partial charge in [-0.3, -0.25) is 0 Å². The van der Waals surface area contributed by atoms with Gasteiger partial charge in [0.2, 0.25) is 0 Å². The van der Waals surface area contributed by atoms with E-state index >= 15 is 0 Å². The minimum Gasteiger partial charge on any atom is -0.500 e. The van der Waals surface area contributed by atoms with Crippen LogP contribution in [-0.2, 0) is 20.1 Å². The molecule has 0 spiro atoms. The van der Waals surface area contributed by atoms with Crippen LogP contribution in [0.1, 0.15) is 50.2 Å². The van der Waals surface area contributed by atoms with Crippen LogP contribution in [0.5, 0.6) is 0 Å². The van der Waals surface area contributed by atoms with Gasteiger partial charge >= 0.3 is 117 Å². The molecule has 0 aliphatic carbocycles. The van der Waals surface area contributed by atoms with E-state index in [-0.39, 0.29) is 25.7 Å². The number of furan rings is 1. The van der Waals surface area contributed by atoms with E-state index in [0.717, 1.165) is 44.4 Å². The molecule has 3 nitrogen and oxygen atoms in total. The number of pyridine rings is 2. The predicted molar refractivity (Wildman–Crippen MR) is 201 cm³/mol. The van der Waals surface area contributed by atoms with Gasteiger partial charge in [-0.25, -0.2) is 0 Å². The minimum atomic E-state index is -2.31. The largest absolute Gasteiger partial charge is 0.500 e. The van der Waals surface area contributed by atoms with E-state index in [2.05, 4.69) is 66.2 Å². The number of aryl methyl sites for hydroxylation is 3. The Kier molecular flexibility index (Phi) is 8.62. The van der Waals surface area contributed by atoms with Crippen molar-refractivity contribution in [3.63, 3.8) is 0 Å². The van der Waals surface area contributed by atoms with E-state index in [9.17, 15) is 0 Å². The molecule has 0 saturated heterocycles. The normalized spacial score (nSPS) is 13.7. The maximum Gasteiger partial charge on any atom is 0.123 e. The van der Waals surface area contributed by atoms with Gasteiger partial charge in [0.1, 0.15) is 5.58 Å². The SMILES string of the molecule is [2H]C([2H])([2H])c1c[c-]c(-c2cc(C)[c]([Ge]([CH3])([CH3])[CH3])cn2)cc1.[2H]C([2H])([2H])c1cc(-c2ccccc2)cc2c1oc1c(-c3cc(C(C)C)ccn3)[c-]ccc12.[Ir].